The molecular formula is C13H25N3OSi. The first-order chi connectivity index (χ1) is 7.96. The van der Waals surface area contributed by atoms with Crippen molar-refractivity contribution in [2.75, 3.05) is 5.73 Å². The van der Waals surface area contributed by atoms with E-state index in [1.807, 2.05) is 19.9 Å². The van der Waals surface area contributed by atoms with Crippen molar-refractivity contribution in [1.29, 1.82) is 0 Å². The SMILES string of the molecule is CC(C)(O[Si](C)(C)C(C)(C)C)c1cc(N)cnn1. The van der Waals surface area contributed by atoms with Crippen LogP contribution >= 0.6 is 0 Å². The number of hydrogen-bond acceptors (Lipinski definition) is 4. The third-order valence-corrected chi connectivity index (χ3v) is 8.24. The lowest BCUT2D eigenvalue weighted by Crippen LogP contribution is -2.46. The fourth-order valence-corrected chi connectivity index (χ4v) is 3.21. The van der Waals surface area contributed by atoms with Gasteiger partial charge in [0.1, 0.15) is 0 Å². The standard InChI is InChI=1S/C13H25N3OSi/c1-12(2,3)18(6,7)17-13(4,5)11-8-10(14)9-15-16-11/h8-9H,1-7H3,(H2,14,16). The van der Waals surface area contributed by atoms with E-state index >= 15 is 0 Å². The van der Waals surface area contributed by atoms with Crippen molar-refractivity contribution in [3.63, 3.8) is 0 Å². The Hall–Kier alpha value is -0.943. The molecule has 0 amide bonds. The number of rotatable bonds is 3. The average Bonchev–Trinajstić information content (AvgIpc) is 2.14. The maximum absolute atomic E-state index is 6.41. The van der Waals surface area contributed by atoms with Gasteiger partial charge in [0.25, 0.3) is 0 Å². The monoisotopic (exact) mass is 267 g/mol. The molecule has 0 atom stereocenters. The van der Waals surface area contributed by atoms with E-state index < -0.39 is 13.9 Å². The van der Waals surface area contributed by atoms with Crippen LogP contribution in [0.1, 0.15) is 40.3 Å². The van der Waals surface area contributed by atoms with Crippen LogP contribution in [0.2, 0.25) is 18.1 Å². The molecule has 0 bridgehead atoms. The molecule has 0 spiro atoms. The van der Waals surface area contributed by atoms with E-state index in [0.29, 0.717) is 5.69 Å². The third-order valence-electron chi connectivity index (χ3n) is 3.61. The van der Waals surface area contributed by atoms with Crippen LogP contribution in [0.5, 0.6) is 0 Å². The van der Waals surface area contributed by atoms with Crippen LogP contribution in [-0.4, -0.2) is 18.5 Å². The van der Waals surface area contributed by atoms with E-state index in [9.17, 15) is 0 Å². The van der Waals surface area contributed by atoms with E-state index in [-0.39, 0.29) is 5.04 Å². The van der Waals surface area contributed by atoms with Crippen LogP contribution in [-0.2, 0) is 10.0 Å². The van der Waals surface area contributed by atoms with Gasteiger partial charge in [0.05, 0.1) is 23.2 Å². The quantitative estimate of drug-likeness (QED) is 0.853. The summed E-state index contributed by atoms with van der Waals surface area (Å²) >= 11 is 0. The van der Waals surface area contributed by atoms with Crippen molar-refractivity contribution >= 4 is 14.0 Å². The summed E-state index contributed by atoms with van der Waals surface area (Å²) in [6, 6.07) is 1.83. The molecule has 4 nitrogen and oxygen atoms in total. The fourth-order valence-electron chi connectivity index (χ4n) is 1.52. The Bertz CT molecular complexity index is 424. The molecule has 0 aliphatic rings. The van der Waals surface area contributed by atoms with E-state index in [1.165, 1.54) is 0 Å². The van der Waals surface area contributed by atoms with Crippen molar-refractivity contribution in [1.82, 2.24) is 10.2 Å². The molecule has 102 valence electrons. The minimum atomic E-state index is -1.85. The summed E-state index contributed by atoms with van der Waals surface area (Å²) in [4.78, 5) is 0. The lowest BCUT2D eigenvalue weighted by molar-refractivity contribution is 0.0846. The smallest absolute Gasteiger partial charge is 0.193 e. The van der Waals surface area contributed by atoms with Crippen LogP contribution in [0.25, 0.3) is 0 Å². The Morgan fingerprint density at radius 3 is 2.17 bits per heavy atom. The molecule has 18 heavy (non-hydrogen) atoms. The summed E-state index contributed by atoms with van der Waals surface area (Å²) in [5, 5.41) is 8.21. The van der Waals surface area contributed by atoms with Crippen molar-refractivity contribution in [3.05, 3.63) is 18.0 Å². The molecule has 2 N–H and O–H groups in total. The average molecular weight is 267 g/mol. The highest BCUT2D eigenvalue weighted by molar-refractivity contribution is 6.74. The first kappa shape index (κ1) is 15.1. The van der Waals surface area contributed by atoms with Crippen molar-refractivity contribution in [2.45, 2.75) is 58.4 Å². The highest BCUT2D eigenvalue weighted by Crippen LogP contribution is 2.41. The van der Waals surface area contributed by atoms with Gasteiger partial charge in [-0.05, 0) is 38.0 Å². The van der Waals surface area contributed by atoms with Crippen molar-refractivity contribution in [3.8, 4) is 0 Å². The second kappa shape index (κ2) is 4.62. The summed E-state index contributed by atoms with van der Waals surface area (Å²) in [5.41, 5.74) is 6.69. The predicted molar refractivity (Wildman–Crippen MR) is 77.8 cm³/mol. The number of nitrogens with zero attached hydrogens (tertiary/aromatic N) is 2. The van der Waals surface area contributed by atoms with Gasteiger partial charge in [-0.15, -0.1) is 0 Å². The topological polar surface area (TPSA) is 61.0 Å². The van der Waals surface area contributed by atoms with Crippen LogP contribution in [0.15, 0.2) is 12.3 Å². The molecule has 1 aromatic rings. The Balaban J connectivity index is 3.02. The van der Waals surface area contributed by atoms with Gasteiger partial charge in [-0.25, -0.2) is 0 Å². The van der Waals surface area contributed by atoms with Gasteiger partial charge in [0.15, 0.2) is 8.32 Å². The van der Waals surface area contributed by atoms with E-state index in [4.69, 9.17) is 10.2 Å². The second-order valence-corrected chi connectivity index (χ2v) is 11.5. The van der Waals surface area contributed by atoms with E-state index in [0.717, 1.165) is 5.69 Å². The van der Waals surface area contributed by atoms with Gasteiger partial charge in [-0.3, -0.25) is 0 Å². The molecule has 0 fully saturated rings. The maximum atomic E-state index is 6.41. The molecule has 0 saturated heterocycles. The van der Waals surface area contributed by atoms with E-state index in [1.54, 1.807) is 6.20 Å². The van der Waals surface area contributed by atoms with Crippen LogP contribution in [0.4, 0.5) is 5.69 Å². The zero-order valence-corrected chi connectivity index (χ0v) is 13.5. The largest absolute Gasteiger partial charge is 0.406 e. The first-order valence-electron chi connectivity index (χ1n) is 6.24. The summed E-state index contributed by atoms with van der Waals surface area (Å²) in [6.07, 6.45) is 1.55. The van der Waals surface area contributed by atoms with Gasteiger partial charge in [0, 0.05) is 0 Å². The van der Waals surface area contributed by atoms with E-state index in [2.05, 4.69) is 44.1 Å². The first-order valence-corrected chi connectivity index (χ1v) is 9.15. The van der Waals surface area contributed by atoms with Crippen LogP contribution in [0, 0.1) is 0 Å². The number of nitrogen functional groups attached to an aromatic ring is 1. The molecule has 0 aliphatic heterocycles. The lowest BCUT2D eigenvalue weighted by atomic mass is 10.1. The number of aromatic nitrogens is 2. The van der Waals surface area contributed by atoms with Crippen molar-refractivity contribution in [2.24, 2.45) is 0 Å². The number of nitrogens with two attached hydrogens (primary N) is 1. The molecule has 0 unspecified atom stereocenters. The maximum Gasteiger partial charge on any atom is 0.193 e. The second-order valence-electron chi connectivity index (χ2n) is 6.75. The predicted octanol–water partition coefficient (Wildman–Crippen LogP) is 3.32. The minimum Gasteiger partial charge on any atom is -0.406 e. The zero-order valence-electron chi connectivity index (χ0n) is 12.5. The third kappa shape index (κ3) is 3.29. The molecule has 0 saturated carbocycles. The van der Waals surface area contributed by atoms with Gasteiger partial charge < -0.3 is 10.2 Å². The van der Waals surface area contributed by atoms with Gasteiger partial charge in [-0.2, -0.15) is 10.2 Å². The Kier molecular flexibility index (Phi) is 3.88. The molecule has 5 heteroatoms. The van der Waals surface area contributed by atoms with Gasteiger partial charge in [-0.1, -0.05) is 20.8 Å². The lowest BCUT2D eigenvalue weighted by Gasteiger charge is -2.42. The highest BCUT2D eigenvalue weighted by Gasteiger charge is 2.42. The van der Waals surface area contributed by atoms with Gasteiger partial charge >= 0.3 is 0 Å². The summed E-state index contributed by atoms with van der Waals surface area (Å²) in [6.45, 7) is 15.2. The molecule has 1 heterocycles. The molecule has 0 aromatic carbocycles. The Labute approximate surface area is 111 Å². The number of anilines is 1. The summed E-state index contributed by atoms with van der Waals surface area (Å²) < 4.78 is 6.41. The van der Waals surface area contributed by atoms with Gasteiger partial charge in [0.2, 0.25) is 0 Å². The van der Waals surface area contributed by atoms with Crippen molar-refractivity contribution < 1.29 is 4.43 Å². The Morgan fingerprint density at radius 1 is 1.17 bits per heavy atom. The van der Waals surface area contributed by atoms with Crippen LogP contribution in [0.3, 0.4) is 0 Å². The molecule has 0 radical (unpaired) electrons. The molecular weight excluding hydrogens is 242 g/mol. The molecule has 1 aromatic heterocycles. The normalized spacial score (nSPS) is 13.7. The molecule has 0 aliphatic carbocycles. The fraction of sp³-hybridized carbons (Fsp3) is 0.692. The zero-order chi connectivity index (χ0) is 14.2. The van der Waals surface area contributed by atoms with Crippen LogP contribution < -0.4 is 5.73 Å². The molecule has 1 rings (SSSR count). The highest BCUT2D eigenvalue weighted by atomic mass is 28.4. The summed E-state index contributed by atoms with van der Waals surface area (Å²) in [7, 11) is -1.85. The Morgan fingerprint density at radius 2 is 1.72 bits per heavy atom. The summed E-state index contributed by atoms with van der Waals surface area (Å²) in [5.74, 6) is 0. The number of hydrogen-bond donors (Lipinski definition) is 1. The minimum absolute atomic E-state index is 0.165.